The van der Waals surface area contributed by atoms with Gasteiger partial charge in [-0.2, -0.15) is 0 Å². The van der Waals surface area contributed by atoms with Gasteiger partial charge < -0.3 is 14.6 Å². The van der Waals surface area contributed by atoms with E-state index in [1.165, 1.54) is 0 Å². The fourth-order valence-corrected chi connectivity index (χ4v) is 2.86. The van der Waals surface area contributed by atoms with Gasteiger partial charge in [0.15, 0.2) is 11.5 Å². The lowest BCUT2D eigenvalue weighted by atomic mass is 9.88. The molecule has 4 heteroatoms. The average molecular weight is 255 g/mol. The van der Waals surface area contributed by atoms with E-state index in [-0.39, 0.29) is 0 Å². The second kappa shape index (κ2) is 4.39. The maximum atomic E-state index is 10.1. The molecule has 0 saturated heterocycles. The maximum Gasteiger partial charge on any atom is 0.167 e. The standard InChI is InChI=1S/C13H15ClO3/c14-9-7-11-13(17-6-2-5-16-11)12-8(9)3-1-4-10(12)15/h7,10,15H,1-6H2/t10-/m0/s1. The Morgan fingerprint density at radius 1 is 1.24 bits per heavy atom. The van der Waals surface area contributed by atoms with E-state index in [0.717, 1.165) is 36.8 Å². The van der Waals surface area contributed by atoms with Crippen LogP contribution < -0.4 is 9.47 Å². The van der Waals surface area contributed by atoms with Gasteiger partial charge in [0.2, 0.25) is 0 Å². The molecular formula is C13H15ClO3. The normalized spacial score (nSPS) is 22.8. The van der Waals surface area contributed by atoms with Crippen molar-refractivity contribution in [2.45, 2.75) is 31.8 Å². The number of benzene rings is 1. The van der Waals surface area contributed by atoms with E-state index in [0.29, 0.717) is 29.7 Å². The molecule has 0 spiro atoms. The van der Waals surface area contributed by atoms with Crippen molar-refractivity contribution in [1.82, 2.24) is 0 Å². The molecule has 3 nitrogen and oxygen atoms in total. The van der Waals surface area contributed by atoms with E-state index in [1.807, 2.05) is 6.07 Å². The van der Waals surface area contributed by atoms with Crippen LogP contribution in [0, 0.1) is 0 Å². The summed E-state index contributed by atoms with van der Waals surface area (Å²) in [7, 11) is 0. The van der Waals surface area contributed by atoms with Gasteiger partial charge in [-0.1, -0.05) is 11.6 Å². The van der Waals surface area contributed by atoms with Crippen molar-refractivity contribution < 1.29 is 14.6 Å². The third-order valence-corrected chi connectivity index (χ3v) is 3.71. The lowest BCUT2D eigenvalue weighted by molar-refractivity contribution is 0.150. The molecule has 1 aromatic rings. The molecule has 1 aromatic carbocycles. The molecule has 0 radical (unpaired) electrons. The lowest BCUT2D eigenvalue weighted by Gasteiger charge is -2.25. The minimum absolute atomic E-state index is 0.479. The van der Waals surface area contributed by atoms with Gasteiger partial charge in [0.1, 0.15) is 0 Å². The van der Waals surface area contributed by atoms with Crippen molar-refractivity contribution in [2.24, 2.45) is 0 Å². The molecule has 92 valence electrons. The quantitative estimate of drug-likeness (QED) is 0.774. The first-order valence-electron chi connectivity index (χ1n) is 6.06. The molecule has 0 saturated carbocycles. The van der Waals surface area contributed by atoms with Crippen LogP contribution in [0.4, 0.5) is 0 Å². The summed E-state index contributed by atoms with van der Waals surface area (Å²) in [6, 6.07) is 1.82. The van der Waals surface area contributed by atoms with Crippen molar-refractivity contribution in [3.05, 3.63) is 22.2 Å². The summed E-state index contributed by atoms with van der Waals surface area (Å²) in [5, 5.41) is 10.8. The van der Waals surface area contributed by atoms with E-state index < -0.39 is 6.10 Å². The zero-order chi connectivity index (χ0) is 11.8. The molecule has 1 aliphatic heterocycles. The molecule has 1 N–H and O–H groups in total. The van der Waals surface area contributed by atoms with Crippen LogP contribution in [0.5, 0.6) is 11.5 Å². The number of hydrogen-bond donors (Lipinski definition) is 1. The Morgan fingerprint density at radius 3 is 2.94 bits per heavy atom. The van der Waals surface area contributed by atoms with Gasteiger partial charge in [-0.25, -0.2) is 0 Å². The summed E-state index contributed by atoms with van der Waals surface area (Å²) in [6.45, 7) is 1.27. The molecule has 0 unspecified atom stereocenters. The molecule has 3 rings (SSSR count). The Morgan fingerprint density at radius 2 is 2.06 bits per heavy atom. The molecule has 0 aromatic heterocycles. The van der Waals surface area contributed by atoms with Crippen LogP contribution in [-0.2, 0) is 6.42 Å². The fraction of sp³-hybridized carbons (Fsp3) is 0.538. The van der Waals surface area contributed by atoms with Crippen molar-refractivity contribution in [3.8, 4) is 11.5 Å². The van der Waals surface area contributed by atoms with Gasteiger partial charge in [0, 0.05) is 23.1 Å². The number of rotatable bonds is 0. The van der Waals surface area contributed by atoms with E-state index in [9.17, 15) is 5.11 Å². The molecule has 1 aliphatic carbocycles. The van der Waals surface area contributed by atoms with Crippen molar-refractivity contribution in [2.75, 3.05) is 13.2 Å². The molecule has 0 amide bonds. The highest BCUT2D eigenvalue weighted by Crippen LogP contribution is 2.46. The van der Waals surface area contributed by atoms with Crippen LogP contribution in [0.3, 0.4) is 0 Å². The van der Waals surface area contributed by atoms with Gasteiger partial charge in [-0.15, -0.1) is 0 Å². The molecule has 1 heterocycles. The molecule has 2 aliphatic rings. The number of aliphatic hydroxyl groups excluding tert-OH is 1. The number of halogens is 1. The zero-order valence-corrected chi connectivity index (χ0v) is 10.3. The van der Waals surface area contributed by atoms with E-state index in [4.69, 9.17) is 21.1 Å². The molecular weight excluding hydrogens is 240 g/mol. The summed E-state index contributed by atoms with van der Waals surface area (Å²) < 4.78 is 11.4. The SMILES string of the molecule is O[C@H]1CCCc2c(Cl)cc3c(c21)OCCCO3. The Hall–Kier alpha value is -0.930. The van der Waals surface area contributed by atoms with E-state index >= 15 is 0 Å². The number of aliphatic hydroxyl groups is 1. The predicted octanol–water partition coefficient (Wildman–Crippen LogP) is 2.87. The monoisotopic (exact) mass is 254 g/mol. The minimum Gasteiger partial charge on any atom is -0.489 e. The molecule has 17 heavy (non-hydrogen) atoms. The Bertz CT molecular complexity index is 445. The molecule has 1 atom stereocenters. The van der Waals surface area contributed by atoms with Crippen LogP contribution in [0.2, 0.25) is 5.02 Å². The molecule has 0 bridgehead atoms. The Balaban J connectivity index is 2.18. The second-order valence-electron chi connectivity index (χ2n) is 4.54. The second-order valence-corrected chi connectivity index (χ2v) is 4.94. The zero-order valence-electron chi connectivity index (χ0n) is 9.54. The average Bonchev–Trinajstić information content (AvgIpc) is 2.55. The summed E-state index contributed by atoms with van der Waals surface area (Å²) in [5.41, 5.74) is 1.87. The van der Waals surface area contributed by atoms with Gasteiger partial charge in [-0.05, 0) is 24.8 Å². The van der Waals surface area contributed by atoms with Crippen LogP contribution in [0.15, 0.2) is 6.07 Å². The highest BCUT2D eigenvalue weighted by Gasteiger charge is 2.28. The summed E-state index contributed by atoms with van der Waals surface area (Å²) >= 11 is 6.25. The maximum absolute atomic E-state index is 10.1. The van der Waals surface area contributed by atoms with Crippen LogP contribution >= 0.6 is 11.6 Å². The van der Waals surface area contributed by atoms with Crippen molar-refractivity contribution >= 4 is 11.6 Å². The van der Waals surface area contributed by atoms with Crippen molar-refractivity contribution in [3.63, 3.8) is 0 Å². The Kier molecular flexibility index (Phi) is 2.89. The minimum atomic E-state index is -0.479. The number of fused-ring (bicyclic) bond motifs is 3. The molecule has 0 fully saturated rings. The first kappa shape index (κ1) is 11.2. The number of ether oxygens (including phenoxy) is 2. The third kappa shape index (κ3) is 1.87. The fourth-order valence-electron chi connectivity index (χ4n) is 2.56. The summed E-state index contributed by atoms with van der Waals surface area (Å²) in [5.74, 6) is 1.38. The van der Waals surface area contributed by atoms with E-state index in [1.54, 1.807) is 0 Å². The van der Waals surface area contributed by atoms with E-state index in [2.05, 4.69) is 0 Å². The van der Waals surface area contributed by atoms with Gasteiger partial charge in [0.05, 0.1) is 19.3 Å². The van der Waals surface area contributed by atoms with Gasteiger partial charge in [-0.3, -0.25) is 0 Å². The third-order valence-electron chi connectivity index (χ3n) is 3.37. The van der Waals surface area contributed by atoms with Crippen LogP contribution in [0.25, 0.3) is 0 Å². The summed E-state index contributed by atoms with van der Waals surface area (Å²) in [6.07, 6.45) is 3.02. The van der Waals surface area contributed by atoms with Crippen molar-refractivity contribution in [1.29, 1.82) is 0 Å². The smallest absolute Gasteiger partial charge is 0.167 e. The first-order chi connectivity index (χ1) is 8.27. The highest BCUT2D eigenvalue weighted by atomic mass is 35.5. The highest BCUT2D eigenvalue weighted by molar-refractivity contribution is 6.31. The van der Waals surface area contributed by atoms with Gasteiger partial charge in [0.25, 0.3) is 0 Å². The predicted molar refractivity (Wildman–Crippen MR) is 65.0 cm³/mol. The number of hydrogen-bond acceptors (Lipinski definition) is 3. The lowest BCUT2D eigenvalue weighted by Crippen LogP contribution is -2.12. The largest absolute Gasteiger partial charge is 0.489 e. The Labute approximate surface area is 105 Å². The first-order valence-corrected chi connectivity index (χ1v) is 6.44. The summed E-state index contributed by atoms with van der Waals surface area (Å²) in [4.78, 5) is 0. The topological polar surface area (TPSA) is 38.7 Å². The van der Waals surface area contributed by atoms with Crippen LogP contribution in [-0.4, -0.2) is 18.3 Å². The van der Waals surface area contributed by atoms with Gasteiger partial charge >= 0.3 is 0 Å². The van der Waals surface area contributed by atoms with Crippen LogP contribution in [0.1, 0.15) is 36.5 Å².